The van der Waals surface area contributed by atoms with Crippen LogP contribution in [0.3, 0.4) is 0 Å². The number of carbonyl (C=O) groups is 1. The predicted molar refractivity (Wildman–Crippen MR) is 110 cm³/mol. The van der Waals surface area contributed by atoms with Gasteiger partial charge in [-0.1, -0.05) is 74.6 Å². The number of esters is 1. The van der Waals surface area contributed by atoms with Gasteiger partial charge in [-0.3, -0.25) is 4.79 Å². The van der Waals surface area contributed by atoms with Crippen LogP contribution in [0, 0.1) is 6.92 Å². The lowest BCUT2D eigenvalue weighted by Gasteiger charge is -2.14. The number of rotatable bonds is 11. The SMILES string of the molecule is CCCCCCCOc1ccc(C(C)OC(=O)Cc2ccc(C)cc2)cc1. The second-order valence-corrected chi connectivity index (χ2v) is 7.13. The summed E-state index contributed by atoms with van der Waals surface area (Å²) in [5, 5.41) is 0. The third-order valence-electron chi connectivity index (χ3n) is 4.64. The van der Waals surface area contributed by atoms with Crippen LogP contribution in [0.5, 0.6) is 5.75 Å². The normalized spacial score (nSPS) is 11.8. The molecular formula is C24H32O3. The van der Waals surface area contributed by atoms with Crippen molar-refractivity contribution in [2.24, 2.45) is 0 Å². The molecular weight excluding hydrogens is 336 g/mol. The maximum Gasteiger partial charge on any atom is 0.310 e. The summed E-state index contributed by atoms with van der Waals surface area (Å²) < 4.78 is 11.3. The van der Waals surface area contributed by atoms with E-state index in [-0.39, 0.29) is 12.1 Å². The fraction of sp³-hybridized carbons (Fsp3) is 0.458. The molecule has 0 amide bonds. The Morgan fingerprint density at radius 2 is 1.59 bits per heavy atom. The van der Waals surface area contributed by atoms with Gasteiger partial charge in [0.25, 0.3) is 0 Å². The highest BCUT2D eigenvalue weighted by molar-refractivity contribution is 5.72. The summed E-state index contributed by atoms with van der Waals surface area (Å²) in [5.41, 5.74) is 3.13. The molecule has 146 valence electrons. The molecule has 0 N–H and O–H groups in total. The highest BCUT2D eigenvalue weighted by Crippen LogP contribution is 2.21. The van der Waals surface area contributed by atoms with E-state index in [1.165, 1.54) is 31.2 Å². The van der Waals surface area contributed by atoms with E-state index < -0.39 is 0 Å². The van der Waals surface area contributed by atoms with Crippen LogP contribution in [0.4, 0.5) is 0 Å². The Bertz CT molecular complexity index is 674. The maximum atomic E-state index is 12.2. The molecule has 0 fully saturated rings. The van der Waals surface area contributed by atoms with Crippen LogP contribution >= 0.6 is 0 Å². The smallest absolute Gasteiger partial charge is 0.310 e. The molecule has 0 spiro atoms. The molecule has 1 unspecified atom stereocenters. The Kier molecular flexibility index (Phi) is 8.90. The number of aryl methyl sites for hydroxylation is 1. The van der Waals surface area contributed by atoms with Crippen molar-refractivity contribution in [1.82, 2.24) is 0 Å². The lowest BCUT2D eigenvalue weighted by atomic mass is 10.1. The minimum Gasteiger partial charge on any atom is -0.494 e. The monoisotopic (exact) mass is 368 g/mol. The number of hydrogen-bond acceptors (Lipinski definition) is 3. The van der Waals surface area contributed by atoms with Gasteiger partial charge in [-0.15, -0.1) is 0 Å². The first kappa shape index (κ1) is 21.0. The fourth-order valence-electron chi connectivity index (χ4n) is 2.91. The average molecular weight is 369 g/mol. The van der Waals surface area contributed by atoms with Gasteiger partial charge < -0.3 is 9.47 Å². The van der Waals surface area contributed by atoms with Gasteiger partial charge in [0, 0.05) is 0 Å². The Hall–Kier alpha value is -2.29. The molecule has 3 heteroatoms. The maximum absolute atomic E-state index is 12.2. The molecule has 1 atom stereocenters. The van der Waals surface area contributed by atoms with Crippen molar-refractivity contribution in [3.05, 3.63) is 65.2 Å². The number of unbranched alkanes of at least 4 members (excludes halogenated alkanes) is 4. The van der Waals surface area contributed by atoms with Gasteiger partial charge in [0.1, 0.15) is 11.9 Å². The largest absolute Gasteiger partial charge is 0.494 e. The van der Waals surface area contributed by atoms with Gasteiger partial charge >= 0.3 is 5.97 Å². The van der Waals surface area contributed by atoms with E-state index in [0.29, 0.717) is 6.42 Å². The van der Waals surface area contributed by atoms with Crippen LogP contribution in [-0.4, -0.2) is 12.6 Å². The van der Waals surface area contributed by atoms with Crippen molar-refractivity contribution in [2.75, 3.05) is 6.61 Å². The number of hydrogen-bond donors (Lipinski definition) is 0. The minimum atomic E-state index is -0.272. The molecule has 0 saturated carbocycles. The molecule has 2 rings (SSSR count). The van der Waals surface area contributed by atoms with E-state index in [0.717, 1.165) is 29.9 Å². The minimum absolute atomic E-state index is 0.209. The van der Waals surface area contributed by atoms with Gasteiger partial charge in [-0.2, -0.15) is 0 Å². The molecule has 0 aliphatic heterocycles. The van der Waals surface area contributed by atoms with E-state index in [1.807, 2.05) is 62.4 Å². The zero-order chi connectivity index (χ0) is 19.5. The van der Waals surface area contributed by atoms with E-state index in [4.69, 9.17) is 9.47 Å². The van der Waals surface area contributed by atoms with Gasteiger partial charge in [-0.05, 0) is 43.5 Å². The Morgan fingerprint density at radius 1 is 0.926 bits per heavy atom. The van der Waals surface area contributed by atoms with Crippen molar-refractivity contribution in [3.8, 4) is 5.75 Å². The molecule has 0 aromatic heterocycles. The lowest BCUT2D eigenvalue weighted by Crippen LogP contribution is -2.11. The van der Waals surface area contributed by atoms with Gasteiger partial charge in [-0.25, -0.2) is 0 Å². The Morgan fingerprint density at radius 3 is 2.26 bits per heavy atom. The van der Waals surface area contributed by atoms with Crippen LogP contribution in [0.25, 0.3) is 0 Å². The number of carbonyl (C=O) groups excluding carboxylic acids is 1. The summed E-state index contributed by atoms with van der Waals surface area (Å²) in [7, 11) is 0. The molecule has 0 radical (unpaired) electrons. The van der Waals surface area contributed by atoms with Crippen molar-refractivity contribution in [3.63, 3.8) is 0 Å². The Labute approximate surface area is 163 Å². The number of ether oxygens (including phenoxy) is 2. The first-order chi connectivity index (χ1) is 13.1. The van der Waals surface area contributed by atoms with Crippen LogP contribution in [-0.2, 0) is 16.0 Å². The second-order valence-electron chi connectivity index (χ2n) is 7.13. The highest BCUT2D eigenvalue weighted by Gasteiger charge is 2.12. The van der Waals surface area contributed by atoms with E-state index in [2.05, 4.69) is 6.92 Å². The third kappa shape index (κ3) is 7.86. The lowest BCUT2D eigenvalue weighted by molar-refractivity contribution is -0.147. The summed E-state index contributed by atoms with van der Waals surface area (Å²) in [5.74, 6) is 0.659. The van der Waals surface area contributed by atoms with Gasteiger partial charge in [0.15, 0.2) is 0 Å². The summed E-state index contributed by atoms with van der Waals surface area (Å²) >= 11 is 0. The fourth-order valence-corrected chi connectivity index (χ4v) is 2.91. The third-order valence-corrected chi connectivity index (χ3v) is 4.64. The van der Waals surface area contributed by atoms with Crippen molar-refractivity contribution in [1.29, 1.82) is 0 Å². The Balaban J connectivity index is 1.74. The molecule has 2 aromatic carbocycles. The van der Waals surface area contributed by atoms with E-state index >= 15 is 0 Å². The topological polar surface area (TPSA) is 35.5 Å². The zero-order valence-corrected chi connectivity index (χ0v) is 16.9. The zero-order valence-electron chi connectivity index (χ0n) is 16.9. The first-order valence-electron chi connectivity index (χ1n) is 10.1. The van der Waals surface area contributed by atoms with E-state index in [9.17, 15) is 4.79 Å². The average Bonchev–Trinajstić information content (AvgIpc) is 2.67. The summed E-state index contributed by atoms with van der Waals surface area (Å²) in [6.07, 6.45) is 6.18. The van der Waals surface area contributed by atoms with Crippen molar-refractivity contribution in [2.45, 2.75) is 65.4 Å². The predicted octanol–water partition coefficient (Wildman–Crippen LogP) is 6.19. The molecule has 0 bridgehead atoms. The molecule has 0 saturated heterocycles. The van der Waals surface area contributed by atoms with Crippen molar-refractivity contribution >= 4 is 5.97 Å². The van der Waals surface area contributed by atoms with Crippen LogP contribution in [0.1, 0.15) is 68.7 Å². The molecule has 3 nitrogen and oxygen atoms in total. The van der Waals surface area contributed by atoms with Crippen LogP contribution in [0.15, 0.2) is 48.5 Å². The molecule has 0 heterocycles. The van der Waals surface area contributed by atoms with Gasteiger partial charge in [0.2, 0.25) is 0 Å². The van der Waals surface area contributed by atoms with Crippen LogP contribution in [0.2, 0.25) is 0 Å². The molecule has 27 heavy (non-hydrogen) atoms. The number of benzene rings is 2. The summed E-state index contributed by atoms with van der Waals surface area (Å²) in [6.45, 7) is 6.91. The van der Waals surface area contributed by atoms with Crippen molar-refractivity contribution < 1.29 is 14.3 Å². The van der Waals surface area contributed by atoms with E-state index in [1.54, 1.807) is 0 Å². The standard InChI is InChI=1S/C24H32O3/c1-4-5-6-7-8-17-26-23-15-13-22(14-16-23)20(3)27-24(25)18-21-11-9-19(2)10-12-21/h9-16,20H,4-8,17-18H2,1-3H3. The molecule has 2 aromatic rings. The quantitative estimate of drug-likeness (QED) is 0.350. The van der Waals surface area contributed by atoms with Crippen LogP contribution < -0.4 is 4.74 Å². The first-order valence-corrected chi connectivity index (χ1v) is 10.1. The summed E-state index contributed by atoms with van der Waals surface area (Å²) in [4.78, 5) is 12.2. The van der Waals surface area contributed by atoms with Gasteiger partial charge in [0.05, 0.1) is 13.0 Å². The molecule has 0 aliphatic carbocycles. The highest BCUT2D eigenvalue weighted by atomic mass is 16.5. The summed E-state index contributed by atoms with van der Waals surface area (Å²) in [6, 6.07) is 15.8. The second kappa shape index (κ2) is 11.4. The molecule has 0 aliphatic rings.